The molecule has 24 heavy (non-hydrogen) atoms. The zero-order chi connectivity index (χ0) is 16.7. The van der Waals surface area contributed by atoms with E-state index in [1.54, 1.807) is 48.5 Å². The van der Waals surface area contributed by atoms with Gasteiger partial charge in [-0.1, -0.05) is 42.5 Å². The van der Waals surface area contributed by atoms with E-state index in [4.69, 9.17) is 15.2 Å². The summed E-state index contributed by atoms with van der Waals surface area (Å²) in [5.41, 5.74) is 4.38. The molecule has 2 aromatic carbocycles. The molecule has 0 spiro atoms. The molecule has 0 aliphatic rings. The predicted molar refractivity (Wildman–Crippen MR) is 94.3 cm³/mol. The first kappa shape index (κ1) is 20.0. The minimum atomic E-state index is -1.89. The van der Waals surface area contributed by atoms with Crippen LogP contribution < -0.4 is 10.5 Å². The quantitative estimate of drug-likeness (QED) is 0.590. The fraction of sp³-hybridized carbons (Fsp3) is 0.278. The van der Waals surface area contributed by atoms with Crippen molar-refractivity contribution in [2.75, 3.05) is 20.3 Å². The van der Waals surface area contributed by atoms with Gasteiger partial charge in [0.05, 0.1) is 13.7 Å². The lowest BCUT2D eigenvalue weighted by Gasteiger charge is -2.26. The maximum absolute atomic E-state index is 12.3. The number of hydrogen-bond donors (Lipinski definition) is 2. The molecule has 5 nitrogen and oxygen atoms in total. The van der Waals surface area contributed by atoms with Crippen molar-refractivity contribution >= 4 is 18.4 Å². The van der Waals surface area contributed by atoms with E-state index in [2.05, 4.69) is 0 Å². The van der Waals surface area contributed by atoms with Crippen molar-refractivity contribution < 1.29 is 19.4 Å². The Kier molecular flexibility index (Phi) is 7.71. The molecule has 1 atom stereocenters. The summed E-state index contributed by atoms with van der Waals surface area (Å²) in [6.07, 6.45) is 0.726. The first-order valence-electron chi connectivity index (χ1n) is 7.42. The number of esters is 1. The van der Waals surface area contributed by atoms with Gasteiger partial charge >= 0.3 is 5.97 Å². The normalized spacial score (nSPS) is 12.6. The van der Waals surface area contributed by atoms with Crippen LogP contribution in [0.4, 0.5) is 0 Å². The molecule has 3 N–H and O–H groups in total. The summed E-state index contributed by atoms with van der Waals surface area (Å²) in [6, 6.07) is 15.5. The molecule has 130 valence electrons. The molecule has 0 saturated heterocycles. The average molecular weight is 352 g/mol. The van der Waals surface area contributed by atoms with E-state index in [1.807, 2.05) is 6.07 Å². The number of hydrogen-bond acceptors (Lipinski definition) is 5. The summed E-state index contributed by atoms with van der Waals surface area (Å²) in [4.78, 5) is 12.3. The summed E-state index contributed by atoms with van der Waals surface area (Å²) in [5, 5.41) is 11.1. The topological polar surface area (TPSA) is 81.8 Å². The molecule has 0 heterocycles. The molecule has 2 aromatic rings. The van der Waals surface area contributed by atoms with Crippen LogP contribution in [0.25, 0.3) is 0 Å². The van der Waals surface area contributed by atoms with Gasteiger partial charge in [0.2, 0.25) is 5.60 Å². The fourth-order valence-corrected chi connectivity index (χ4v) is 2.31. The van der Waals surface area contributed by atoms with Crippen LogP contribution in [0.2, 0.25) is 0 Å². The molecular formula is C18H22ClNO4. The van der Waals surface area contributed by atoms with Gasteiger partial charge in [-0.25, -0.2) is 4.79 Å². The highest BCUT2D eigenvalue weighted by molar-refractivity contribution is 5.85. The summed E-state index contributed by atoms with van der Waals surface area (Å²) in [7, 11) is 1.25. The lowest BCUT2D eigenvalue weighted by atomic mass is 9.86. The molecular weight excluding hydrogens is 330 g/mol. The molecule has 0 fully saturated rings. The molecule has 2 rings (SSSR count). The fourth-order valence-electron chi connectivity index (χ4n) is 2.31. The summed E-state index contributed by atoms with van der Waals surface area (Å²) in [5.74, 6) is -0.183. The Bertz CT molecular complexity index is 650. The maximum atomic E-state index is 12.3. The number of halogens is 1. The predicted octanol–water partition coefficient (Wildman–Crippen LogP) is 2.24. The van der Waals surface area contributed by atoms with Crippen LogP contribution in [0.15, 0.2) is 54.6 Å². The molecule has 0 aromatic heterocycles. The van der Waals surface area contributed by atoms with Gasteiger partial charge in [0.1, 0.15) is 5.75 Å². The third-order valence-corrected chi connectivity index (χ3v) is 3.54. The Morgan fingerprint density at radius 1 is 1.12 bits per heavy atom. The Morgan fingerprint density at radius 2 is 1.79 bits per heavy atom. The van der Waals surface area contributed by atoms with E-state index in [-0.39, 0.29) is 12.4 Å². The lowest BCUT2D eigenvalue weighted by molar-refractivity contribution is -0.158. The van der Waals surface area contributed by atoms with Crippen LogP contribution in [0.3, 0.4) is 0 Å². The molecule has 1 unspecified atom stereocenters. The smallest absolute Gasteiger partial charge is 0.347 e. The average Bonchev–Trinajstić information content (AvgIpc) is 2.61. The van der Waals surface area contributed by atoms with Crippen LogP contribution in [0.1, 0.15) is 17.5 Å². The van der Waals surface area contributed by atoms with Crippen molar-refractivity contribution in [3.63, 3.8) is 0 Å². The number of rotatable bonds is 7. The number of benzene rings is 2. The van der Waals surface area contributed by atoms with Gasteiger partial charge in [0.25, 0.3) is 0 Å². The van der Waals surface area contributed by atoms with Gasteiger partial charge in [-0.2, -0.15) is 0 Å². The van der Waals surface area contributed by atoms with Crippen LogP contribution in [-0.2, 0) is 15.1 Å². The minimum Gasteiger partial charge on any atom is -0.494 e. The molecule has 0 bridgehead atoms. The van der Waals surface area contributed by atoms with Gasteiger partial charge in [0, 0.05) is 5.56 Å². The zero-order valence-corrected chi connectivity index (χ0v) is 14.3. The van der Waals surface area contributed by atoms with E-state index in [0.29, 0.717) is 30.0 Å². The second-order valence-electron chi connectivity index (χ2n) is 5.09. The van der Waals surface area contributed by atoms with Gasteiger partial charge in [0.15, 0.2) is 0 Å². The number of aliphatic hydroxyl groups is 1. The monoisotopic (exact) mass is 351 g/mol. The van der Waals surface area contributed by atoms with E-state index in [0.717, 1.165) is 6.42 Å². The van der Waals surface area contributed by atoms with E-state index in [9.17, 15) is 9.90 Å². The number of ether oxygens (including phenoxy) is 2. The van der Waals surface area contributed by atoms with Crippen molar-refractivity contribution in [1.29, 1.82) is 0 Å². The first-order chi connectivity index (χ1) is 11.1. The highest BCUT2D eigenvalue weighted by atomic mass is 35.5. The summed E-state index contributed by atoms with van der Waals surface area (Å²) >= 11 is 0. The first-order valence-corrected chi connectivity index (χ1v) is 7.42. The molecule has 0 radical (unpaired) electrons. The maximum Gasteiger partial charge on any atom is 0.347 e. The Morgan fingerprint density at radius 3 is 2.42 bits per heavy atom. The van der Waals surface area contributed by atoms with Crippen LogP contribution in [0.5, 0.6) is 5.75 Å². The van der Waals surface area contributed by atoms with Crippen LogP contribution in [-0.4, -0.2) is 31.3 Å². The van der Waals surface area contributed by atoms with Gasteiger partial charge < -0.3 is 20.3 Å². The van der Waals surface area contributed by atoms with Crippen molar-refractivity contribution in [1.82, 2.24) is 0 Å². The number of methoxy groups -OCH3 is 1. The highest BCUT2D eigenvalue weighted by Crippen LogP contribution is 2.32. The Labute approximate surface area is 147 Å². The van der Waals surface area contributed by atoms with Crippen molar-refractivity contribution in [3.8, 4) is 5.75 Å². The molecule has 0 amide bonds. The largest absolute Gasteiger partial charge is 0.494 e. The SMILES string of the molecule is COC(=O)C(O)(c1ccccc1)c1cccc(OCCCN)c1.Cl. The van der Waals surface area contributed by atoms with Crippen molar-refractivity contribution in [3.05, 3.63) is 65.7 Å². The third kappa shape index (κ3) is 4.26. The minimum absolute atomic E-state index is 0. The Hall–Kier alpha value is -2.08. The van der Waals surface area contributed by atoms with Gasteiger partial charge in [-0.05, 0) is 30.7 Å². The second kappa shape index (κ2) is 9.27. The number of carbonyl (C=O) groups is 1. The molecule has 0 saturated carbocycles. The standard InChI is InChI=1S/C18H21NO4.ClH/c1-22-17(20)18(21,14-7-3-2-4-8-14)15-9-5-10-16(13-15)23-12-6-11-19;/h2-5,7-10,13,21H,6,11-12,19H2,1H3;1H. The summed E-state index contributed by atoms with van der Waals surface area (Å²) < 4.78 is 10.4. The third-order valence-electron chi connectivity index (χ3n) is 3.54. The molecule has 0 aliphatic carbocycles. The van der Waals surface area contributed by atoms with E-state index < -0.39 is 11.6 Å². The highest BCUT2D eigenvalue weighted by Gasteiger charge is 2.41. The lowest BCUT2D eigenvalue weighted by Crippen LogP contribution is -2.38. The van der Waals surface area contributed by atoms with Crippen molar-refractivity contribution in [2.24, 2.45) is 5.73 Å². The number of nitrogens with two attached hydrogens (primary N) is 1. The van der Waals surface area contributed by atoms with E-state index in [1.165, 1.54) is 7.11 Å². The van der Waals surface area contributed by atoms with Crippen LogP contribution in [0, 0.1) is 0 Å². The van der Waals surface area contributed by atoms with Gasteiger partial charge in [-0.3, -0.25) is 0 Å². The molecule has 6 heteroatoms. The zero-order valence-electron chi connectivity index (χ0n) is 13.5. The van der Waals surface area contributed by atoms with Gasteiger partial charge in [-0.15, -0.1) is 12.4 Å². The molecule has 0 aliphatic heterocycles. The van der Waals surface area contributed by atoms with Crippen LogP contribution >= 0.6 is 12.4 Å². The number of carbonyl (C=O) groups excluding carboxylic acids is 1. The second-order valence-corrected chi connectivity index (χ2v) is 5.09. The van der Waals surface area contributed by atoms with E-state index >= 15 is 0 Å². The van der Waals surface area contributed by atoms with Crippen molar-refractivity contribution in [2.45, 2.75) is 12.0 Å². The summed E-state index contributed by atoms with van der Waals surface area (Å²) in [6.45, 7) is 1.01. The Balaban J connectivity index is 0.00000288.